The Hall–Kier alpha value is -6.13. The summed E-state index contributed by atoms with van der Waals surface area (Å²) in [6.45, 7) is 0. The molecule has 1 aromatic heterocycles. The van der Waals surface area contributed by atoms with Crippen molar-refractivity contribution < 1.29 is 4.74 Å². The summed E-state index contributed by atoms with van der Waals surface area (Å²) in [7, 11) is 0. The molecule has 1 aliphatic carbocycles. The van der Waals surface area contributed by atoms with E-state index < -0.39 is 0 Å². The van der Waals surface area contributed by atoms with E-state index in [-0.39, 0.29) is 12.0 Å². The van der Waals surface area contributed by atoms with Gasteiger partial charge in [0.1, 0.15) is 11.9 Å². The minimum atomic E-state index is -0.112. The minimum absolute atomic E-state index is 0.0622. The maximum absolute atomic E-state index is 6.71. The zero-order valence-electron chi connectivity index (χ0n) is 25.5. The molecule has 0 spiro atoms. The molecular formula is C43H29N3O. The van der Waals surface area contributed by atoms with Gasteiger partial charge in [-0.3, -0.25) is 0 Å². The number of allylic oxidation sites excluding steroid dienone is 2. The van der Waals surface area contributed by atoms with Crippen LogP contribution in [0.3, 0.4) is 0 Å². The zero-order chi connectivity index (χ0) is 31.2. The Labute approximate surface area is 273 Å². The second kappa shape index (κ2) is 11.3. The van der Waals surface area contributed by atoms with E-state index in [0.29, 0.717) is 17.5 Å². The number of rotatable bonds is 5. The predicted octanol–water partition coefficient (Wildman–Crippen LogP) is 10.1. The molecular weight excluding hydrogens is 574 g/mol. The maximum Gasteiger partial charge on any atom is 0.164 e. The van der Waals surface area contributed by atoms with Gasteiger partial charge in [0.15, 0.2) is 17.5 Å². The van der Waals surface area contributed by atoms with Gasteiger partial charge >= 0.3 is 0 Å². The molecule has 222 valence electrons. The van der Waals surface area contributed by atoms with Crippen molar-refractivity contribution in [1.82, 2.24) is 15.0 Å². The van der Waals surface area contributed by atoms with E-state index in [1.165, 1.54) is 27.8 Å². The van der Waals surface area contributed by atoms with Crippen LogP contribution in [-0.4, -0.2) is 21.1 Å². The maximum atomic E-state index is 6.71. The van der Waals surface area contributed by atoms with Crippen molar-refractivity contribution in [3.8, 4) is 39.9 Å². The van der Waals surface area contributed by atoms with Crippen LogP contribution in [0.2, 0.25) is 0 Å². The summed E-state index contributed by atoms with van der Waals surface area (Å²) in [5, 5.41) is 2.25. The Kier molecular flexibility index (Phi) is 6.57. The van der Waals surface area contributed by atoms with Gasteiger partial charge in [-0.15, -0.1) is 0 Å². The number of hydrogen-bond acceptors (Lipinski definition) is 4. The van der Waals surface area contributed by atoms with Crippen LogP contribution < -0.4 is 4.74 Å². The zero-order valence-corrected chi connectivity index (χ0v) is 25.5. The predicted molar refractivity (Wildman–Crippen MR) is 190 cm³/mol. The number of ether oxygens (including phenoxy) is 1. The normalized spacial score (nSPS) is 16.5. The van der Waals surface area contributed by atoms with Crippen LogP contribution in [0.15, 0.2) is 164 Å². The lowest BCUT2D eigenvalue weighted by Crippen LogP contribution is -2.24. The first-order valence-electron chi connectivity index (χ1n) is 15.9. The number of fused-ring (bicyclic) bond motifs is 4. The number of benzene rings is 6. The van der Waals surface area contributed by atoms with Crippen LogP contribution in [-0.2, 0) is 0 Å². The number of para-hydroxylation sites is 1. The number of nitrogens with zero attached hydrogens (tertiary/aromatic N) is 3. The van der Waals surface area contributed by atoms with E-state index in [2.05, 4.69) is 103 Å². The summed E-state index contributed by atoms with van der Waals surface area (Å²) in [5.41, 5.74) is 8.90. The van der Waals surface area contributed by atoms with Crippen LogP contribution in [0.1, 0.15) is 22.6 Å². The number of hydrogen-bond donors (Lipinski definition) is 0. The largest absolute Gasteiger partial charge is 0.484 e. The van der Waals surface area contributed by atoms with E-state index in [1.54, 1.807) is 0 Å². The van der Waals surface area contributed by atoms with Crippen molar-refractivity contribution in [2.75, 3.05) is 0 Å². The number of aromatic nitrogens is 3. The first-order chi connectivity index (χ1) is 23.3. The standard InChI is InChI=1S/C43H29N3O/c1-4-14-28(15-5-1)31-24-26-35(39-37-22-12-13-23-38(37)47-40(31)39)34-25-27-36(33-21-11-10-20-32(33)34)43-45-41(29-16-6-2-7-17-29)44-42(46-43)30-18-8-3-9-19-30/h1-27,39-40H. The summed E-state index contributed by atoms with van der Waals surface area (Å²) >= 11 is 0. The fourth-order valence-electron chi connectivity index (χ4n) is 6.99. The molecule has 0 saturated heterocycles. The monoisotopic (exact) mass is 603 g/mol. The molecule has 0 bridgehead atoms. The summed E-state index contributed by atoms with van der Waals surface area (Å²) in [4.78, 5) is 15.0. The summed E-state index contributed by atoms with van der Waals surface area (Å²) in [5.74, 6) is 2.96. The lowest BCUT2D eigenvalue weighted by atomic mass is 9.76. The fraction of sp³-hybridized carbons (Fsp3) is 0.0465. The molecule has 9 rings (SSSR count). The van der Waals surface area contributed by atoms with Gasteiger partial charge in [-0.1, -0.05) is 152 Å². The van der Waals surface area contributed by atoms with Crippen LogP contribution in [0.25, 0.3) is 56.1 Å². The molecule has 2 atom stereocenters. The SMILES string of the molecule is C1=C(c2ccccc2)C2Oc3ccccc3C2C(c2ccc(-c3nc(-c4ccccc4)nc(-c4ccccc4)n3)c3ccccc23)=C1. The van der Waals surface area contributed by atoms with E-state index >= 15 is 0 Å². The van der Waals surface area contributed by atoms with Gasteiger partial charge in [-0.25, -0.2) is 15.0 Å². The smallest absolute Gasteiger partial charge is 0.164 e. The third-order valence-electron chi connectivity index (χ3n) is 9.18. The van der Waals surface area contributed by atoms with Crippen LogP contribution in [0.5, 0.6) is 5.75 Å². The van der Waals surface area contributed by atoms with Crippen molar-refractivity contribution in [2.45, 2.75) is 12.0 Å². The summed E-state index contributed by atoms with van der Waals surface area (Å²) in [6.07, 6.45) is 4.42. The molecule has 2 heterocycles. The Morgan fingerprint density at radius 2 is 0.894 bits per heavy atom. The first kappa shape index (κ1) is 27.2. The Morgan fingerprint density at radius 1 is 0.404 bits per heavy atom. The molecule has 47 heavy (non-hydrogen) atoms. The summed E-state index contributed by atoms with van der Waals surface area (Å²) in [6, 6.07) is 52.2. The molecule has 0 fully saturated rings. The lowest BCUT2D eigenvalue weighted by molar-refractivity contribution is 0.281. The molecule has 7 aromatic rings. The molecule has 2 aliphatic rings. The molecule has 2 unspecified atom stereocenters. The first-order valence-corrected chi connectivity index (χ1v) is 15.9. The van der Waals surface area contributed by atoms with Gasteiger partial charge < -0.3 is 4.74 Å². The van der Waals surface area contributed by atoms with Crippen molar-refractivity contribution in [2.24, 2.45) is 0 Å². The van der Waals surface area contributed by atoms with Gasteiger partial charge in [-0.2, -0.15) is 0 Å². The lowest BCUT2D eigenvalue weighted by Gasteiger charge is -2.29. The molecule has 4 heteroatoms. The van der Waals surface area contributed by atoms with Gasteiger partial charge in [0.2, 0.25) is 0 Å². The topological polar surface area (TPSA) is 47.9 Å². The highest BCUT2D eigenvalue weighted by Crippen LogP contribution is 2.52. The Balaban J connectivity index is 1.23. The quantitative estimate of drug-likeness (QED) is 0.196. The van der Waals surface area contributed by atoms with Crippen LogP contribution >= 0.6 is 0 Å². The van der Waals surface area contributed by atoms with Crippen LogP contribution in [0, 0.1) is 0 Å². The van der Waals surface area contributed by atoms with Crippen molar-refractivity contribution >= 4 is 21.9 Å². The molecule has 1 aliphatic heterocycles. The van der Waals surface area contributed by atoms with E-state index in [9.17, 15) is 0 Å². The van der Waals surface area contributed by atoms with E-state index in [4.69, 9.17) is 19.7 Å². The van der Waals surface area contributed by atoms with Gasteiger partial charge in [0.05, 0.1) is 5.92 Å². The van der Waals surface area contributed by atoms with Gasteiger partial charge in [0.25, 0.3) is 0 Å². The Morgan fingerprint density at radius 3 is 1.55 bits per heavy atom. The van der Waals surface area contributed by atoms with E-state index in [0.717, 1.165) is 33.2 Å². The highest BCUT2D eigenvalue weighted by molar-refractivity contribution is 6.04. The fourth-order valence-corrected chi connectivity index (χ4v) is 6.99. The molecule has 0 saturated carbocycles. The average Bonchev–Trinajstić information content (AvgIpc) is 3.55. The van der Waals surface area contributed by atoms with Crippen molar-refractivity contribution in [3.05, 3.63) is 181 Å². The van der Waals surface area contributed by atoms with Crippen LogP contribution in [0.4, 0.5) is 0 Å². The average molecular weight is 604 g/mol. The Bertz CT molecular complexity index is 2270. The highest BCUT2D eigenvalue weighted by Gasteiger charge is 2.41. The van der Waals surface area contributed by atoms with Crippen molar-refractivity contribution in [1.29, 1.82) is 0 Å². The third-order valence-corrected chi connectivity index (χ3v) is 9.18. The van der Waals surface area contributed by atoms with Gasteiger partial charge in [-0.05, 0) is 39.6 Å². The molecule has 0 N–H and O–H groups in total. The summed E-state index contributed by atoms with van der Waals surface area (Å²) < 4.78 is 6.71. The molecule has 0 radical (unpaired) electrons. The second-order valence-corrected chi connectivity index (χ2v) is 11.9. The molecule has 0 amide bonds. The highest BCUT2D eigenvalue weighted by atomic mass is 16.5. The van der Waals surface area contributed by atoms with E-state index in [1.807, 2.05) is 60.7 Å². The second-order valence-electron chi connectivity index (χ2n) is 11.9. The van der Waals surface area contributed by atoms with Gasteiger partial charge in [0, 0.05) is 27.8 Å². The third kappa shape index (κ3) is 4.74. The molecule has 6 aromatic carbocycles. The minimum Gasteiger partial charge on any atom is -0.484 e. The molecule has 4 nitrogen and oxygen atoms in total. The van der Waals surface area contributed by atoms with Crippen molar-refractivity contribution in [3.63, 3.8) is 0 Å².